The summed E-state index contributed by atoms with van der Waals surface area (Å²) >= 11 is 3.98. The first-order valence-electron chi connectivity index (χ1n) is 7.50. The highest BCUT2D eigenvalue weighted by molar-refractivity contribution is 9.09. The second-order valence-corrected chi connectivity index (χ2v) is 7.29. The monoisotopic (exact) mass is 306 g/mol. The molecule has 0 amide bonds. The molecule has 0 saturated heterocycles. The lowest BCUT2D eigenvalue weighted by molar-refractivity contribution is 0.287. The lowest BCUT2D eigenvalue weighted by atomic mass is 9.80. The molecule has 1 heteroatoms. The smallest absolute Gasteiger partial charge is 0.0423 e. The number of hydrogen-bond acceptors (Lipinski definition) is 0. The third kappa shape index (κ3) is 2.52. The van der Waals surface area contributed by atoms with Gasteiger partial charge in [0.15, 0.2) is 0 Å². The fourth-order valence-electron chi connectivity index (χ4n) is 3.61. The summed E-state index contributed by atoms with van der Waals surface area (Å²) < 4.78 is 0. The molecule has 2 aliphatic carbocycles. The van der Waals surface area contributed by atoms with Crippen LogP contribution in [0.1, 0.15) is 60.5 Å². The van der Waals surface area contributed by atoms with Crippen LogP contribution in [0.3, 0.4) is 0 Å². The maximum absolute atomic E-state index is 3.98. The molecule has 0 N–H and O–H groups in total. The molecule has 0 radical (unpaired) electrons. The van der Waals surface area contributed by atoms with Gasteiger partial charge in [-0.25, -0.2) is 0 Å². The van der Waals surface area contributed by atoms with E-state index in [0.29, 0.717) is 4.83 Å². The minimum atomic E-state index is 0.580. The Hall–Kier alpha value is -0.300. The van der Waals surface area contributed by atoms with Crippen molar-refractivity contribution in [3.05, 3.63) is 34.9 Å². The zero-order valence-corrected chi connectivity index (χ0v) is 12.9. The summed E-state index contributed by atoms with van der Waals surface area (Å²) in [6.07, 6.45) is 9.57. The number of aryl methyl sites for hydroxylation is 2. The van der Waals surface area contributed by atoms with E-state index in [0.717, 1.165) is 11.8 Å². The Labute approximate surface area is 119 Å². The van der Waals surface area contributed by atoms with Gasteiger partial charge in [0.1, 0.15) is 0 Å². The Morgan fingerprint density at radius 1 is 1.06 bits per heavy atom. The Balaban J connectivity index is 1.74. The molecule has 1 aromatic carbocycles. The standard InChI is InChI=1S/C17H23Br/c1-12-5-7-14(8-6-12)17(18)16-10-9-13-3-2-4-15(13)11-16/h9-12,14,17H,2-8H2,1H3. The molecule has 1 fully saturated rings. The molecule has 1 unspecified atom stereocenters. The summed E-state index contributed by atoms with van der Waals surface area (Å²) in [6, 6.07) is 7.21. The maximum Gasteiger partial charge on any atom is 0.0423 e. The number of hydrogen-bond donors (Lipinski definition) is 0. The Morgan fingerprint density at radius 2 is 1.78 bits per heavy atom. The largest absolute Gasteiger partial charge is 0.0836 e. The summed E-state index contributed by atoms with van der Waals surface area (Å²) in [5, 5.41) is 0. The van der Waals surface area contributed by atoms with Crippen LogP contribution in [0.5, 0.6) is 0 Å². The van der Waals surface area contributed by atoms with Crippen LogP contribution in [0.2, 0.25) is 0 Å². The van der Waals surface area contributed by atoms with Crippen LogP contribution in [0.25, 0.3) is 0 Å². The highest BCUT2D eigenvalue weighted by Crippen LogP contribution is 2.42. The van der Waals surface area contributed by atoms with Gasteiger partial charge >= 0.3 is 0 Å². The predicted octanol–water partition coefficient (Wildman–Crippen LogP) is 5.44. The van der Waals surface area contributed by atoms with Gasteiger partial charge in [0.2, 0.25) is 0 Å². The first-order chi connectivity index (χ1) is 8.74. The predicted molar refractivity (Wildman–Crippen MR) is 81.3 cm³/mol. The van der Waals surface area contributed by atoms with E-state index in [1.807, 2.05) is 0 Å². The van der Waals surface area contributed by atoms with Gasteiger partial charge < -0.3 is 0 Å². The Morgan fingerprint density at radius 3 is 2.56 bits per heavy atom. The molecule has 0 aliphatic heterocycles. The Bertz CT molecular complexity index is 416. The van der Waals surface area contributed by atoms with Crippen LogP contribution in [0.15, 0.2) is 18.2 Å². The van der Waals surface area contributed by atoms with Crippen molar-refractivity contribution in [3.8, 4) is 0 Å². The van der Waals surface area contributed by atoms with E-state index in [-0.39, 0.29) is 0 Å². The minimum Gasteiger partial charge on any atom is -0.0836 e. The van der Waals surface area contributed by atoms with Crippen molar-refractivity contribution in [2.75, 3.05) is 0 Å². The van der Waals surface area contributed by atoms with Crippen molar-refractivity contribution in [1.82, 2.24) is 0 Å². The SMILES string of the molecule is CC1CCC(C(Br)c2ccc3c(c2)CCC3)CC1. The molecule has 1 aromatic rings. The van der Waals surface area contributed by atoms with E-state index >= 15 is 0 Å². The van der Waals surface area contributed by atoms with Gasteiger partial charge in [0.25, 0.3) is 0 Å². The highest BCUT2D eigenvalue weighted by Gasteiger charge is 2.26. The van der Waals surface area contributed by atoms with Gasteiger partial charge in [-0.15, -0.1) is 0 Å². The quantitative estimate of drug-likeness (QED) is 0.638. The molecule has 0 heterocycles. The zero-order valence-electron chi connectivity index (χ0n) is 11.3. The summed E-state index contributed by atoms with van der Waals surface area (Å²) in [5.41, 5.74) is 4.73. The summed E-state index contributed by atoms with van der Waals surface area (Å²) in [5.74, 6) is 1.79. The van der Waals surface area contributed by atoms with Crippen molar-refractivity contribution in [2.45, 2.75) is 56.7 Å². The average Bonchev–Trinajstić information content (AvgIpc) is 2.86. The third-order valence-corrected chi connectivity index (χ3v) is 6.19. The van der Waals surface area contributed by atoms with E-state index in [1.54, 1.807) is 11.1 Å². The number of rotatable bonds is 2. The van der Waals surface area contributed by atoms with Crippen molar-refractivity contribution < 1.29 is 0 Å². The van der Waals surface area contributed by atoms with Crippen LogP contribution in [0.4, 0.5) is 0 Å². The zero-order chi connectivity index (χ0) is 12.5. The van der Waals surface area contributed by atoms with Crippen LogP contribution in [0, 0.1) is 11.8 Å². The third-order valence-electron chi connectivity index (χ3n) is 4.92. The van der Waals surface area contributed by atoms with Gasteiger partial charge in [0, 0.05) is 4.83 Å². The topological polar surface area (TPSA) is 0 Å². The van der Waals surface area contributed by atoms with E-state index < -0.39 is 0 Å². The summed E-state index contributed by atoms with van der Waals surface area (Å²) in [6.45, 7) is 2.40. The molecule has 1 saturated carbocycles. The first kappa shape index (κ1) is 12.7. The van der Waals surface area contributed by atoms with Gasteiger partial charge in [0.05, 0.1) is 0 Å². The van der Waals surface area contributed by atoms with E-state index in [4.69, 9.17) is 0 Å². The van der Waals surface area contributed by atoms with Gasteiger partial charge in [-0.3, -0.25) is 0 Å². The van der Waals surface area contributed by atoms with Crippen LogP contribution in [-0.4, -0.2) is 0 Å². The molecular weight excluding hydrogens is 284 g/mol. The molecule has 0 spiro atoms. The first-order valence-corrected chi connectivity index (χ1v) is 8.41. The molecule has 0 nitrogen and oxygen atoms in total. The minimum absolute atomic E-state index is 0.580. The van der Waals surface area contributed by atoms with Crippen molar-refractivity contribution in [3.63, 3.8) is 0 Å². The molecule has 98 valence electrons. The molecular formula is C17H23Br. The van der Waals surface area contributed by atoms with E-state index in [1.165, 1.54) is 50.5 Å². The fraction of sp³-hybridized carbons (Fsp3) is 0.647. The van der Waals surface area contributed by atoms with Crippen LogP contribution < -0.4 is 0 Å². The molecule has 0 aromatic heterocycles. The fourth-order valence-corrected chi connectivity index (χ4v) is 4.43. The normalized spacial score (nSPS) is 29.0. The molecule has 2 aliphatic rings. The molecule has 1 atom stereocenters. The second kappa shape index (κ2) is 5.36. The number of halogens is 1. The van der Waals surface area contributed by atoms with Gasteiger partial charge in [-0.1, -0.05) is 53.9 Å². The van der Waals surface area contributed by atoms with Crippen molar-refractivity contribution in [2.24, 2.45) is 11.8 Å². The second-order valence-electron chi connectivity index (χ2n) is 6.30. The van der Waals surface area contributed by atoms with Crippen LogP contribution >= 0.6 is 15.9 Å². The van der Waals surface area contributed by atoms with Gasteiger partial charge in [-0.05, 0) is 60.6 Å². The molecule has 0 bridgehead atoms. The Kier molecular flexibility index (Phi) is 3.79. The van der Waals surface area contributed by atoms with Gasteiger partial charge in [-0.2, -0.15) is 0 Å². The summed E-state index contributed by atoms with van der Waals surface area (Å²) in [7, 11) is 0. The van der Waals surface area contributed by atoms with Crippen molar-refractivity contribution >= 4 is 15.9 Å². The number of benzene rings is 1. The highest BCUT2D eigenvalue weighted by atomic mass is 79.9. The van der Waals surface area contributed by atoms with E-state index in [9.17, 15) is 0 Å². The lowest BCUT2D eigenvalue weighted by Crippen LogP contribution is -2.16. The maximum atomic E-state index is 3.98. The average molecular weight is 307 g/mol. The lowest BCUT2D eigenvalue weighted by Gasteiger charge is -2.30. The van der Waals surface area contributed by atoms with E-state index in [2.05, 4.69) is 41.1 Å². The summed E-state index contributed by atoms with van der Waals surface area (Å²) in [4.78, 5) is 0.580. The molecule has 18 heavy (non-hydrogen) atoms. The molecule has 3 rings (SSSR count). The van der Waals surface area contributed by atoms with Crippen LogP contribution in [-0.2, 0) is 12.8 Å². The number of alkyl halides is 1. The number of fused-ring (bicyclic) bond motifs is 1. The van der Waals surface area contributed by atoms with Crippen molar-refractivity contribution in [1.29, 1.82) is 0 Å².